The van der Waals surface area contributed by atoms with Crippen molar-refractivity contribution in [2.75, 3.05) is 5.32 Å². The van der Waals surface area contributed by atoms with E-state index >= 15 is 0 Å². The molecule has 1 nitrogen and oxygen atoms in total. The Kier molecular flexibility index (Phi) is 2.40. The van der Waals surface area contributed by atoms with Crippen LogP contribution in [0.15, 0.2) is 12.1 Å². The van der Waals surface area contributed by atoms with Crippen LogP contribution in [-0.2, 0) is 6.42 Å². The second-order valence-electron chi connectivity index (χ2n) is 4.14. The summed E-state index contributed by atoms with van der Waals surface area (Å²) in [5.74, 6) is 0. The van der Waals surface area contributed by atoms with Gasteiger partial charge in [0.1, 0.15) is 0 Å². The van der Waals surface area contributed by atoms with Crippen LogP contribution in [0, 0.1) is 0 Å². The molecule has 1 heterocycles. The fraction of sp³-hybridized carbons (Fsp3) is 0.455. The van der Waals surface area contributed by atoms with Gasteiger partial charge in [0.2, 0.25) is 0 Å². The van der Waals surface area contributed by atoms with Crippen molar-refractivity contribution in [2.24, 2.45) is 0 Å². The maximum Gasteiger partial charge on any atom is 0.0655 e. The van der Waals surface area contributed by atoms with E-state index in [0.29, 0.717) is 0 Å². The molecule has 0 radical (unpaired) electrons. The smallest absolute Gasteiger partial charge is 0.0655 e. The summed E-state index contributed by atoms with van der Waals surface area (Å²) in [6.45, 7) is 4.38. The third-order valence-electron chi connectivity index (χ3n) is 2.92. The van der Waals surface area contributed by atoms with Gasteiger partial charge in [0.25, 0.3) is 0 Å². The fourth-order valence-corrected chi connectivity index (χ4v) is 2.47. The number of benzene rings is 1. The van der Waals surface area contributed by atoms with Crippen LogP contribution in [0.1, 0.15) is 25.8 Å². The topological polar surface area (TPSA) is 12.0 Å². The third kappa shape index (κ3) is 1.59. The number of hydrogen-bond acceptors (Lipinski definition) is 1. The molecule has 1 atom stereocenters. The maximum atomic E-state index is 6.11. The van der Waals surface area contributed by atoms with Crippen LogP contribution >= 0.6 is 23.2 Å². The molecule has 1 aliphatic rings. The maximum absolute atomic E-state index is 6.11. The van der Waals surface area contributed by atoms with Crippen LogP contribution in [0.4, 0.5) is 5.69 Å². The summed E-state index contributed by atoms with van der Waals surface area (Å²) in [6, 6.07) is 3.78. The standard InChI is InChI=1S/C11H13Cl2N/c1-3-11(2)6-7-4-8(12)5-9(13)10(7)14-11/h4-5,14H,3,6H2,1-2H3. The zero-order valence-corrected chi connectivity index (χ0v) is 9.84. The Labute approximate surface area is 94.4 Å². The van der Waals surface area contributed by atoms with Gasteiger partial charge in [-0.05, 0) is 37.5 Å². The normalized spacial score (nSPS) is 24.6. The summed E-state index contributed by atoms with van der Waals surface area (Å²) in [4.78, 5) is 0. The molecule has 14 heavy (non-hydrogen) atoms. The lowest BCUT2D eigenvalue weighted by Gasteiger charge is -2.22. The third-order valence-corrected chi connectivity index (χ3v) is 3.44. The molecular formula is C11H13Cl2N. The lowest BCUT2D eigenvalue weighted by atomic mass is 9.95. The first-order valence-electron chi connectivity index (χ1n) is 4.80. The van der Waals surface area contributed by atoms with Crippen molar-refractivity contribution in [1.29, 1.82) is 0 Å². The van der Waals surface area contributed by atoms with Crippen LogP contribution in [0.25, 0.3) is 0 Å². The quantitative estimate of drug-likeness (QED) is 0.764. The second kappa shape index (κ2) is 3.32. The molecule has 1 aliphatic heterocycles. The number of anilines is 1. The first-order valence-corrected chi connectivity index (χ1v) is 5.56. The van der Waals surface area contributed by atoms with Gasteiger partial charge in [-0.15, -0.1) is 0 Å². The Balaban J connectivity index is 2.44. The van der Waals surface area contributed by atoms with E-state index < -0.39 is 0 Å². The number of rotatable bonds is 1. The number of halogens is 2. The fourth-order valence-electron chi connectivity index (χ4n) is 1.89. The molecule has 0 aliphatic carbocycles. The van der Waals surface area contributed by atoms with E-state index in [0.717, 1.165) is 28.6 Å². The molecule has 0 amide bonds. The van der Waals surface area contributed by atoms with Crippen LogP contribution in [-0.4, -0.2) is 5.54 Å². The summed E-state index contributed by atoms with van der Waals surface area (Å²) in [7, 11) is 0. The van der Waals surface area contributed by atoms with Crippen LogP contribution in [0.5, 0.6) is 0 Å². The Morgan fingerprint density at radius 1 is 1.43 bits per heavy atom. The van der Waals surface area contributed by atoms with Crippen LogP contribution in [0.3, 0.4) is 0 Å². The van der Waals surface area contributed by atoms with E-state index in [4.69, 9.17) is 23.2 Å². The molecule has 1 unspecified atom stereocenters. The van der Waals surface area contributed by atoms with Crippen LogP contribution in [0.2, 0.25) is 10.0 Å². The number of hydrogen-bond donors (Lipinski definition) is 1. The van der Waals surface area contributed by atoms with Crippen molar-refractivity contribution < 1.29 is 0 Å². The predicted octanol–water partition coefficient (Wildman–Crippen LogP) is 4.13. The molecule has 0 spiro atoms. The summed E-state index contributed by atoms with van der Waals surface area (Å²) in [5.41, 5.74) is 2.42. The van der Waals surface area contributed by atoms with E-state index in [1.54, 1.807) is 6.07 Å². The first kappa shape index (κ1) is 10.1. The van der Waals surface area contributed by atoms with Crippen molar-refractivity contribution in [2.45, 2.75) is 32.2 Å². The average molecular weight is 230 g/mol. The van der Waals surface area contributed by atoms with Gasteiger partial charge in [0.05, 0.1) is 10.7 Å². The highest BCUT2D eigenvalue weighted by Crippen LogP contribution is 2.40. The molecule has 0 saturated carbocycles. The molecule has 1 aromatic carbocycles. The monoisotopic (exact) mass is 229 g/mol. The van der Waals surface area contributed by atoms with Crippen molar-refractivity contribution in [1.82, 2.24) is 0 Å². The minimum Gasteiger partial charge on any atom is -0.378 e. The molecule has 3 heteroatoms. The summed E-state index contributed by atoms with van der Waals surface area (Å²) in [5, 5.41) is 4.91. The van der Waals surface area contributed by atoms with Crippen molar-refractivity contribution in [3.63, 3.8) is 0 Å². The van der Waals surface area contributed by atoms with Crippen molar-refractivity contribution in [3.8, 4) is 0 Å². The molecule has 1 aromatic rings. The summed E-state index contributed by atoms with van der Waals surface area (Å²) >= 11 is 12.1. The van der Waals surface area contributed by atoms with E-state index in [1.807, 2.05) is 6.07 Å². The molecular weight excluding hydrogens is 217 g/mol. The molecule has 2 rings (SSSR count). The van der Waals surface area contributed by atoms with Gasteiger partial charge in [0, 0.05) is 10.6 Å². The highest BCUT2D eigenvalue weighted by molar-refractivity contribution is 6.36. The predicted molar refractivity (Wildman–Crippen MR) is 62.5 cm³/mol. The number of fused-ring (bicyclic) bond motifs is 1. The van der Waals surface area contributed by atoms with E-state index in [1.165, 1.54) is 5.56 Å². The molecule has 0 saturated heterocycles. The van der Waals surface area contributed by atoms with E-state index in [-0.39, 0.29) is 5.54 Å². The van der Waals surface area contributed by atoms with E-state index in [9.17, 15) is 0 Å². The largest absolute Gasteiger partial charge is 0.378 e. The Bertz CT molecular complexity index is 376. The van der Waals surface area contributed by atoms with Gasteiger partial charge < -0.3 is 5.32 Å². The minimum absolute atomic E-state index is 0.136. The molecule has 0 aromatic heterocycles. The van der Waals surface area contributed by atoms with Gasteiger partial charge in [-0.1, -0.05) is 30.1 Å². The van der Waals surface area contributed by atoms with Gasteiger partial charge in [-0.2, -0.15) is 0 Å². The summed E-state index contributed by atoms with van der Waals surface area (Å²) in [6.07, 6.45) is 2.08. The number of nitrogens with one attached hydrogen (secondary N) is 1. The zero-order valence-electron chi connectivity index (χ0n) is 8.32. The highest BCUT2D eigenvalue weighted by atomic mass is 35.5. The van der Waals surface area contributed by atoms with Gasteiger partial charge in [0.15, 0.2) is 0 Å². The van der Waals surface area contributed by atoms with Gasteiger partial charge >= 0.3 is 0 Å². The summed E-state index contributed by atoms with van der Waals surface area (Å²) < 4.78 is 0. The molecule has 0 fully saturated rings. The SMILES string of the molecule is CCC1(C)Cc2cc(Cl)cc(Cl)c2N1. The minimum atomic E-state index is 0.136. The van der Waals surface area contributed by atoms with Gasteiger partial charge in [-0.3, -0.25) is 0 Å². The van der Waals surface area contributed by atoms with Crippen molar-refractivity contribution in [3.05, 3.63) is 27.7 Å². The molecule has 1 N–H and O–H groups in total. The lowest BCUT2D eigenvalue weighted by molar-refractivity contribution is 0.515. The van der Waals surface area contributed by atoms with E-state index in [2.05, 4.69) is 19.2 Å². The Morgan fingerprint density at radius 3 is 2.79 bits per heavy atom. The average Bonchev–Trinajstić information content (AvgIpc) is 2.43. The van der Waals surface area contributed by atoms with Crippen molar-refractivity contribution >= 4 is 28.9 Å². The Hall–Kier alpha value is -0.400. The molecule has 0 bridgehead atoms. The Morgan fingerprint density at radius 2 is 2.14 bits per heavy atom. The highest BCUT2D eigenvalue weighted by Gasteiger charge is 2.31. The van der Waals surface area contributed by atoms with Crippen LogP contribution < -0.4 is 5.32 Å². The lowest BCUT2D eigenvalue weighted by Crippen LogP contribution is -2.30. The zero-order chi connectivity index (χ0) is 10.3. The second-order valence-corrected chi connectivity index (χ2v) is 4.98. The van der Waals surface area contributed by atoms with Gasteiger partial charge in [-0.25, -0.2) is 0 Å². The first-order chi connectivity index (χ1) is 6.54. The molecule has 76 valence electrons.